The van der Waals surface area contributed by atoms with Gasteiger partial charge in [-0.25, -0.2) is 0 Å². The van der Waals surface area contributed by atoms with Crippen molar-refractivity contribution in [3.05, 3.63) is 0 Å². The van der Waals surface area contributed by atoms with Crippen molar-refractivity contribution in [3.63, 3.8) is 0 Å². The SMILES string of the molecule is COCCCN1CCN(CCO[I-]CN2CCN(CCCCOCCOC)CC2)CC1. The number of alkyl halides is 1. The number of ether oxygens (including phenoxy) is 3. The van der Waals surface area contributed by atoms with Crippen LogP contribution in [-0.4, -0.2) is 143 Å². The van der Waals surface area contributed by atoms with Gasteiger partial charge in [0.25, 0.3) is 0 Å². The number of rotatable bonds is 18. The Morgan fingerprint density at radius 3 is 1.77 bits per heavy atom. The fraction of sp³-hybridized carbons (Fsp3) is 1.00. The van der Waals surface area contributed by atoms with Gasteiger partial charge in [-0.2, -0.15) is 0 Å². The van der Waals surface area contributed by atoms with E-state index in [9.17, 15) is 0 Å². The van der Waals surface area contributed by atoms with Gasteiger partial charge in [0.15, 0.2) is 0 Å². The minimum atomic E-state index is -0.156. The summed E-state index contributed by atoms with van der Waals surface area (Å²) in [6.07, 6.45) is 3.51. The Morgan fingerprint density at radius 2 is 1.13 bits per heavy atom. The maximum atomic E-state index is 6.05. The van der Waals surface area contributed by atoms with Gasteiger partial charge in [-0.1, -0.05) is 0 Å². The average molecular weight is 558 g/mol. The Kier molecular flexibility index (Phi) is 16.8. The van der Waals surface area contributed by atoms with E-state index in [4.69, 9.17) is 17.3 Å². The summed E-state index contributed by atoms with van der Waals surface area (Å²) in [5.74, 6) is 0. The molecule has 2 heterocycles. The second-order valence-electron chi connectivity index (χ2n) is 8.34. The molecule has 0 spiro atoms. The predicted octanol–water partition coefficient (Wildman–Crippen LogP) is -2.32. The van der Waals surface area contributed by atoms with Crippen LogP contribution in [0, 0.1) is 0 Å². The number of nitrogens with zero attached hydrogens (tertiary/aromatic N) is 4. The van der Waals surface area contributed by atoms with Crippen molar-refractivity contribution in [2.24, 2.45) is 0 Å². The summed E-state index contributed by atoms with van der Waals surface area (Å²) < 4.78 is 22.9. The first kappa shape index (κ1) is 27.7. The fourth-order valence-electron chi connectivity index (χ4n) is 3.91. The number of halogens is 1. The molecule has 9 heteroatoms. The van der Waals surface area contributed by atoms with Gasteiger partial charge in [-0.3, -0.25) is 0 Å². The molecular formula is C22H46IN4O4-. The summed E-state index contributed by atoms with van der Waals surface area (Å²) in [7, 11) is 3.50. The molecule has 8 nitrogen and oxygen atoms in total. The second kappa shape index (κ2) is 18.8. The summed E-state index contributed by atoms with van der Waals surface area (Å²) in [5, 5.41) is 0. The first-order valence-corrected chi connectivity index (χ1v) is 14.4. The number of unbranched alkanes of at least 4 members (excludes halogenated alkanes) is 1. The van der Waals surface area contributed by atoms with Crippen molar-refractivity contribution in [1.29, 1.82) is 0 Å². The van der Waals surface area contributed by atoms with Gasteiger partial charge in [0, 0.05) is 7.11 Å². The fourth-order valence-corrected chi connectivity index (χ4v) is 5.69. The predicted molar refractivity (Wildman–Crippen MR) is 120 cm³/mol. The quantitative estimate of drug-likeness (QED) is 0.0807. The van der Waals surface area contributed by atoms with Gasteiger partial charge in [0.1, 0.15) is 0 Å². The minimum absolute atomic E-state index is 0.156. The molecule has 2 saturated heterocycles. The number of piperazine rings is 2. The zero-order chi connectivity index (χ0) is 22.0. The van der Waals surface area contributed by atoms with Crippen molar-refractivity contribution >= 4 is 0 Å². The molecule has 0 atom stereocenters. The third-order valence-corrected chi connectivity index (χ3v) is 8.10. The van der Waals surface area contributed by atoms with Crippen LogP contribution in [-0.2, 0) is 17.3 Å². The normalized spacial score (nSPS) is 20.1. The molecule has 2 rings (SSSR count). The Hall–Kier alpha value is 0.410. The van der Waals surface area contributed by atoms with Crippen LogP contribution in [0.4, 0.5) is 0 Å². The van der Waals surface area contributed by atoms with Crippen molar-refractivity contribution < 1.29 is 38.9 Å². The molecule has 0 aromatic rings. The van der Waals surface area contributed by atoms with Crippen LogP contribution in [0.1, 0.15) is 19.3 Å². The first-order valence-electron chi connectivity index (χ1n) is 12.0. The number of methoxy groups -OCH3 is 2. The molecule has 2 aliphatic heterocycles. The van der Waals surface area contributed by atoms with Crippen LogP contribution < -0.4 is 21.6 Å². The first-order chi connectivity index (χ1) is 15.3. The third-order valence-electron chi connectivity index (χ3n) is 5.98. The van der Waals surface area contributed by atoms with Crippen LogP contribution in [0.25, 0.3) is 0 Å². The molecule has 0 radical (unpaired) electrons. The van der Waals surface area contributed by atoms with Crippen LogP contribution in [0.2, 0.25) is 0 Å². The van der Waals surface area contributed by atoms with Gasteiger partial charge in [0.2, 0.25) is 0 Å². The summed E-state index contributed by atoms with van der Waals surface area (Å²) in [4.78, 5) is 10.3. The van der Waals surface area contributed by atoms with E-state index >= 15 is 0 Å². The monoisotopic (exact) mass is 557 g/mol. The number of hydrogen-bond donors (Lipinski definition) is 0. The van der Waals surface area contributed by atoms with Crippen LogP contribution in [0.5, 0.6) is 0 Å². The molecule has 0 aromatic heterocycles. The van der Waals surface area contributed by atoms with Gasteiger partial charge >= 0.3 is 190 Å². The van der Waals surface area contributed by atoms with Gasteiger partial charge in [-0.05, 0) is 0 Å². The van der Waals surface area contributed by atoms with Crippen LogP contribution in [0.15, 0.2) is 0 Å². The summed E-state index contributed by atoms with van der Waals surface area (Å²) >= 11 is -0.156. The van der Waals surface area contributed by atoms with Crippen molar-refractivity contribution in [1.82, 2.24) is 19.6 Å². The molecule has 2 aliphatic rings. The Balaban J connectivity index is 1.36. The van der Waals surface area contributed by atoms with Crippen LogP contribution >= 0.6 is 0 Å². The molecule has 0 saturated carbocycles. The maximum absolute atomic E-state index is 6.05. The third kappa shape index (κ3) is 13.6. The second-order valence-corrected chi connectivity index (χ2v) is 10.3. The van der Waals surface area contributed by atoms with Gasteiger partial charge in [0.05, 0.1) is 0 Å². The average Bonchev–Trinajstić information content (AvgIpc) is 2.80. The van der Waals surface area contributed by atoms with Gasteiger partial charge in [-0.15, -0.1) is 0 Å². The molecule has 0 aromatic carbocycles. The topological polar surface area (TPSA) is 49.9 Å². The molecule has 0 aliphatic carbocycles. The summed E-state index contributed by atoms with van der Waals surface area (Å²) in [6, 6.07) is 0. The Morgan fingerprint density at radius 1 is 0.548 bits per heavy atom. The Bertz CT molecular complexity index is 409. The summed E-state index contributed by atoms with van der Waals surface area (Å²) in [6.45, 7) is 17.0. The molecule has 0 amide bonds. The van der Waals surface area contributed by atoms with E-state index in [1.165, 1.54) is 76.4 Å². The van der Waals surface area contributed by atoms with Crippen molar-refractivity contribution in [3.8, 4) is 0 Å². The van der Waals surface area contributed by atoms with E-state index in [1.807, 2.05) is 0 Å². The molecule has 0 bridgehead atoms. The van der Waals surface area contributed by atoms with E-state index in [0.29, 0.717) is 13.2 Å². The van der Waals surface area contributed by atoms with E-state index < -0.39 is 0 Å². The van der Waals surface area contributed by atoms with Gasteiger partial charge < -0.3 is 4.74 Å². The molecule has 31 heavy (non-hydrogen) atoms. The van der Waals surface area contributed by atoms with Crippen molar-refractivity contribution in [2.75, 3.05) is 124 Å². The standard InChI is InChI=1S/C22H46IN4O4/c1-28-17-5-7-25-8-10-26(11-9-25)16-19-31-23-22-27-14-12-24(13-15-27)6-3-4-18-30-21-20-29-2/h3-22H2,1-2H3/q-1. The van der Waals surface area contributed by atoms with E-state index in [2.05, 4.69) is 19.6 Å². The molecule has 2 fully saturated rings. The zero-order valence-corrected chi connectivity index (χ0v) is 22.1. The van der Waals surface area contributed by atoms with Crippen LogP contribution in [0.3, 0.4) is 0 Å². The number of hydrogen-bond acceptors (Lipinski definition) is 8. The van der Waals surface area contributed by atoms with E-state index in [0.717, 1.165) is 39.2 Å². The van der Waals surface area contributed by atoms with E-state index in [-0.39, 0.29) is 21.6 Å². The van der Waals surface area contributed by atoms with Crippen molar-refractivity contribution in [2.45, 2.75) is 19.3 Å². The molecule has 186 valence electrons. The molecular weight excluding hydrogens is 511 g/mol. The molecule has 0 unspecified atom stereocenters. The Labute approximate surface area is 201 Å². The summed E-state index contributed by atoms with van der Waals surface area (Å²) in [5.41, 5.74) is 0. The molecule has 0 N–H and O–H groups in total. The van der Waals surface area contributed by atoms with E-state index in [1.54, 1.807) is 14.2 Å². The zero-order valence-electron chi connectivity index (χ0n) is 19.9.